The van der Waals surface area contributed by atoms with Crippen molar-refractivity contribution in [1.29, 1.82) is 0 Å². The summed E-state index contributed by atoms with van der Waals surface area (Å²) in [5, 5.41) is 0. The molecule has 1 atom stereocenters. The highest BCUT2D eigenvalue weighted by molar-refractivity contribution is 7.87. The van der Waals surface area contributed by atoms with Gasteiger partial charge in [0.2, 0.25) is 0 Å². The van der Waals surface area contributed by atoms with Crippen LogP contribution in [0.5, 0.6) is 5.75 Å². The van der Waals surface area contributed by atoms with Crippen LogP contribution >= 0.6 is 0 Å². The van der Waals surface area contributed by atoms with Crippen LogP contribution in [0.1, 0.15) is 24.5 Å². The Kier molecular flexibility index (Phi) is 6.02. The minimum Gasteiger partial charge on any atom is -0.379 e. The van der Waals surface area contributed by atoms with E-state index >= 15 is 0 Å². The number of likely N-dealkylation sites (N-methyl/N-ethyl adjacent to an activating group) is 1. The molecular weight excluding hydrogens is 322 g/mol. The Labute approximate surface area is 145 Å². The van der Waals surface area contributed by atoms with E-state index in [1.165, 1.54) is 0 Å². The molecular formula is C19H25NO3S. The molecule has 0 aliphatic rings. The topological polar surface area (TPSA) is 46.6 Å². The van der Waals surface area contributed by atoms with Crippen molar-refractivity contribution >= 4 is 10.1 Å². The molecule has 0 N–H and O–H groups in total. The van der Waals surface area contributed by atoms with Crippen molar-refractivity contribution in [1.82, 2.24) is 4.90 Å². The van der Waals surface area contributed by atoms with Gasteiger partial charge in [0.05, 0.1) is 0 Å². The number of rotatable bonds is 7. The lowest BCUT2D eigenvalue weighted by atomic mass is 10.0. The third-order valence-corrected chi connectivity index (χ3v) is 5.37. The maximum atomic E-state index is 12.3. The molecule has 2 aromatic rings. The number of benzene rings is 2. The zero-order chi connectivity index (χ0) is 17.7. The number of hydrogen-bond donors (Lipinski definition) is 0. The Hall–Kier alpha value is -1.85. The average molecular weight is 347 g/mol. The van der Waals surface area contributed by atoms with E-state index in [1.54, 1.807) is 36.4 Å². The van der Waals surface area contributed by atoms with Gasteiger partial charge in [-0.25, -0.2) is 0 Å². The van der Waals surface area contributed by atoms with Crippen molar-refractivity contribution in [3.05, 3.63) is 59.7 Å². The second-order valence-corrected chi connectivity index (χ2v) is 7.77. The highest BCUT2D eigenvalue weighted by Gasteiger charge is 2.16. The SMILES string of the molecule is CCC(Cc1ccc(OS(=O)(=O)c2ccc(C)cc2)cc1)N(C)C. The molecule has 4 nitrogen and oxygen atoms in total. The Morgan fingerprint density at radius 2 is 1.58 bits per heavy atom. The molecule has 130 valence electrons. The summed E-state index contributed by atoms with van der Waals surface area (Å²) in [4.78, 5) is 2.36. The normalized spacial score (nSPS) is 13.0. The molecule has 0 aliphatic carbocycles. The quantitative estimate of drug-likeness (QED) is 0.717. The molecule has 0 bridgehead atoms. The zero-order valence-corrected chi connectivity index (χ0v) is 15.5. The fraction of sp³-hybridized carbons (Fsp3) is 0.368. The van der Waals surface area contributed by atoms with Gasteiger partial charge in [0.1, 0.15) is 10.6 Å². The molecule has 5 heteroatoms. The van der Waals surface area contributed by atoms with Crippen LogP contribution in [-0.2, 0) is 16.5 Å². The van der Waals surface area contributed by atoms with E-state index in [4.69, 9.17) is 4.18 Å². The van der Waals surface area contributed by atoms with E-state index in [-0.39, 0.29) is 4.90 Å². The molecule has 2 aromatic carbocycles. The summed E-state index contributed by atoms with van der Waals surface area (Å²) in [5.74, 6) is 0.331. The first-order valence-electron chi connectivity index (χ1n) is 8.08. The average Bonchev–Trinajstić information content (AvgIpc) is 2.54. The van der Waals surface area contributed by atoms with Crippen LogP contribution in [0, 0.1) is 6.92 Å². The van der Waals surface area contributed by atoms with E-state index in [2.05, 4.69) is 25.9 Å². The summed E-state index contributed by atoms with van der Waals surface area (Å²) < 4.78 is 29.8. The monoisotopic (exact) mass is 347 g/mol. The maximum Gasteiger partial charge on any atom is 0.339 e. The lowest BCUT2D eigenvalue weighted by molar-refractivity contribution is 0.284. The number of nitrogens with zero attached hydrogens (tertiary/aromatic N) is 1. The summed E-state index contributed by atoms with van der Waals surface area (Å²) >= 11 is 0. The lowest BCUT2D eigenvalue weighted by Gasteiger charge is -2.22. The molecule has 2 rings (SSSR count). The van der Waals surface area contributed by atoms with Gasteiger partial charge in [-0.3, -0.25) is 0 Å². The minimum atomic E-state index is -3.79. The van der Waals surface area contributed by atoms with E-state index in [9.17, 15) is 8.42 Å². The van der Waals surface area contributed by atoms with Crippen molar-refractivity contribution < 1.29 is 12.6 Å². The first-order valence-corrected chi connectivity index (χ1v) is 9.49. The van der Waals surface area contributed by atoms with Gasteiger partial charge in [0.25, 0.3) is 0 Å². The van der Waals surface area contributed by atoms with Crippen molar-refractivity contribution in [2.45, 2.75) is 37.6 Å². The van der Waals surface area contributed by atoms with Crippen molar-refractivity contribution in [2.75, 3.05) is 14.1 Å². The maximum absolute atomic E-state index is 12.3. The lowest BCUT2D eigenvalue weighted by Crippen LogP contribution is -2.29. The summed E-state index contributed by atoms with van der Waals surface area (Å²) in [5.41, 5.74) is 2.17. The second-order valence-electron chi connectivity index (χ2n) is 6.22. The van der Waals surface area contributed by atoms with Gasteiger partial charge in [-0.2, -0.15) is 8.42 Å². The Morgan fingerprint density at radius 1 is 1.00 bits per heavy atom. The largest absolute Gasteiger partial charge is 0.379 e. The fourth-order valence-corrected chi connectivity index (χ4v) is 3.46. The van der Waals surface area contributed by atoms with Gasteiger partial charge in [0, 0.05) is 6.04 Å². The van der Waals surface area contributed by atoms with Gasteiger partial charge in [-0.05, 0) is 63.7 Å². The predicted molar refractivity (Wildman–Crippen MR) is 96.9 cm³/mol. The Balaban J connectivity index is 2.09. The molecule has 0 aromatic heterocycles. The van der Waals surface area contributed by atoms with Crippen molar-refractivity contribution in [2.24, 2.45) is 0 Å². The first kappa shape index (κ1) is 18.5. The minimum absolute atomic E-state index is 0.163. The van der Waals surface area contributed by atoms with E-state index in [1.807, 2.05) is 19.1 Å². The van der Waals surface area contributed by atoms with Crippen LogP contribution in [0.25, 0.3) is 0 Å². The Bertz CT molecular complexity index is 750. The van der Waals surface area contributed by atoms with Crippen LogP contribution in [0.2, 0.25) is 0 Å². The summed E-state index contributed by atoms with van der Waals surface area (Å²) in [7, 11) is 0.346. The third-order valence-electron chi connectivity index (χ3n) is 4.11. The molecule has 0 fully saturated rings. The molecule has 0 amide bonds. The van der Waals surface area contributed by atoms with Crippen LogP contribution in [0.4, 0.5) is 0 Å². The summed E-state index contributed by atoms with van der Waals surface area (Å²) in [6, 6.07) is 14.4. The molecule has 1 unspecified atom stereocenters. The number of hydrogen-bond acceptors (Lipinski definition) is 4. The van der Waals surface area contributed by atoms with Gasteiger partial charge in [-0.15, -0.1) is 0 Å². The van der Waals surface area contributed by atoms with Crippen LogP contribution in [-0.4, -0.2) is 33.5 Å². The molecule has 24 heavy (non-hydrogen) atoms. The van der Waals surface area contributed by atoms with Crippen LogP contribution in [0.15, 0.2) is 53.4 Å². The Morgan fingerprint density at radius 3 is 2.08 bits per heavy atom. The van der Waals surface area contributed by atoms with Crippen molar-refractivity contribution in [3.63, 3.8) is 0 Å². The molecule has 0 aliphatic heterocycles. The van der Waals surface area contributed by atoms with E-state index in [0.717, 1.165) is 24.0 Å². The van der Waals surface area contributed by atoms with Crippen molar-refractivity contribution in [3.8, 4) is 5.75 Å². The van der Waals surface area contributed by atoms with Gasteiger partial charge in [0.15, 0.2) is 0 Å². The number of aryl methyl sites for hydroxylation is 1. The molecule has 0 spiro atoms. The van der Waals surface area contributed by atoms with E-state index in [0.29, 0.717) is 11.8 Å². The smallest absolute Gasteiger partial charge is 0.339 e. The zero-order valence-electron chi connectivity index (χ0n) is 14.7. The second kappa shape index (κ2) is 7.81. The van der Waals surface area contributed by atoms with E-state index < -0.39 is 10.1 Å². The summed E-state index contributed by atoms with van der Waals surface area (Å²) in [6.07, 6.45) is 1.99. The predicted octanol–water partition coefficient (Wildman–Crippen LogP) is 3.65. The molecule has 0 radical (unpaired) electrons. The highest BCUT2D eigenvalue weighted by Crippen LogP contribution is 2.20. The molecule has 0 heterocycles. The van der Waals surface area contributed by atoms with Gasteiger partial charge >= 0.3 is 10.1 Å². The fourth-order valence-electron chi connectivity index (χ4n) is 2.52. The van der Waals surface area contributed by atoms with Crippen LogP contribution in [0.3, 0.4) is 0 Å². The third kappa shape index (κ3) is 4.82. The van der Waals surface area contributed by atoms with Gasteiger partial charge in [-0.1, -0.05) is 36.8 Å². The summed E-state index contributed by atoms with van der Waals surface area (Å²) in [6.45, 7) is 4.07. The molecule has 0 saturated carbocycles. The molecule has 0 saturated heterocycles. The van der Waals surface area contributed by atoms with Gasteiger partial charge < -0.3 is 9.08 Å². The standard InChI is InChI=1S/C19H25NO3S/c1-5-17(20(3)4)14-16-8-10-18(11-9-16)23-24(21,22)19-12-6-15(2)7-13-19/h6-13,17H,5,14H2,1-4H3. The van der Waals surface area contributed by atoms with Crippen LogP contribution < -0.4 is 4.18 Å². The first-order chi connectivity index (χ1) is 11.3. The highest BCUT2D eigenvalue weighted by atomic mass is 32.2.